The molecule has 2 heterocycles. The molecular formula is C12H14N4O3. The molecule has 0 aliphatic heterocycles. The molecule has 7 heteroatoms. The number of aromatic nitrogens is 3. The Bertz CT molecular complexity index is 586. The molecule has 2 aromatic heterocycles. The molecular weight excluding hydrogens is 248 g/mol. The van der Waals surface area contributed by atoms with Crippen molar-refractivity contribution < 1.29 is 14.3 Å². The maximum absolute atomic E-state index is 11.9. The monoisotopic (exact) mass is 262 g/mol. The Morgan fingerprint density at radius 2 is 2.26 bits per heavy atom. The van der Waals surface area contributed by atoms with Gasteiger partial charge in [-0.15, -0.1) is 0 Å². The van der Waals surface area contributed by atoms with Crippen molar-refractivity contribution in [2.45, 2.75) is 13.8 Å². The van der Waals surface area contributed by atoms with E-state index in [0.717, 1.165) is 0 Å². The molecule has 0 unspecified atom stereocenters. The summed E-state index contributed by atoms with van der Waals surface area (Å²) in [7, 11) is 0. The zero-order valence-electron chi connectivity index (χ0n) is 10.6. The van der Waals surface area contributed by atoms with Gasteiger partial charge in [-0.1, -0.05) is 0 Å². The van der Waals surface area contributed by atoms with E-state index in [-0.39, 0.29) is 12.5 Å². The molecule has 2 rings (SSSR count). The maximum Gasteiger partial charge on any atom is 0.342 e. The van der Waals surface area contributed by atoms with Gasteiger partial charge in [-0.05, 0) is 19.9 Å². The number of ether oxygens (including phenoxy) is 1. The van der Waals surface area contributed by atoms with E-state index in [1.54, 1.807) is 26.1 Å². The van der Waals surface area contributed by atoms with Crippen molar-refractivity contribution >= 4 is 17.6 Å². The van der Waals surface area contributed by atoms with E-state index in [2.05, 4.69) is 20.5 Å². The van der Waals surface area contributed by atoms with Gasteiger partial charge < -0.3 is 15.0 Å². The van der Waals surface area contributed by atoms with Crippen LogP contribution in [0, 0.1) is 6.92 Å². The van der Waals surface area contributed by atoms with E-state index < -0.39 is 5.97 Å². The highest BCUT2D eigenvalue weighted by Gasteiger charge is 2.19. The van der Waals surface area contributed by atoms with Crippen LogP contribution in [0.3, 0.4) is 0 Å². The quantitative estimate of drug-likeness (QED) is 0.726. The Hall–Kier alpha value is -2.57. The maximum atomic E-state index is 11.9. The minimum atomic E-state index is -0.471. The summed E-state index contributed by atoms with van der Waals surface area (Å²) >= 11 is 0. The number of hydrogen-bond acceptors (Lipinski definition) is 4. The molecule has 0 atom stereocenters. The van der Waals surface area contributed by atoms with Gasteiger partial charge in [-0.2, -0.15) is 5.10 Å². The lowest BCUT2D eigenvalue weighted by Gasteiger charge is -2.06. The number of amides is 1. The number of hydrogen-bond donors (Lipinski definition) is 3. The minimum absolute atomic E-state index is 0.275. The van der Waals surface area contributed by atoms with Gasteiger partial charge in [-0.25, -0.2) is 4.79 Å². The first kappa shape index (κ1) is 12.9. The molecule has 0 bridgehead atoms. The molecule has 0 fully saturated rings. The zero-order valence-corrected chi connectivity index (χ0v) is 10.6. The second-order valence-corrected chi connectivity index (χ2v) is 3.85. The predicted molar refractivity (Wildman–Crippen MR) is 68.0 cm³/mol. The van der Waals surface area contributed by atoms with Gasteiger partial charge in [0, 0.05) is 18.1 Å². The third-order valence-electron chi connectivity index (χ3n) is 2.55. The number of esters is 1. The molecule has 1 amide bonds. The number of carbonyl (C=O) groups is 2. The third kappa shape index (κ3) is 2.65. The lowest BCUT2D eigenvalue weighted by Crippen LogP contribution is -2.15. The number of rotatable bonds is 4. The normalized spacial score (nSPS) is 10.2. The molecule has 19 heavy (non-hydrogen) atoms. The van der Waals surface area contributed by atoms with Gasteiger partial charge in [0.25, 0.3) is 5.91 Å². The molecule has 3 N–H and O–H groups in total. The second kappa shape index (κ2) is 5.38. The van der Waals surface area contributed by atoms with Crippen molar-refractivity contribution in [3.8, 4) is 0 Å². The van der Waals surface area contributed by atoms with Gasteiger partial charge >= 0.3 is 5.97 Å². The predicted octanol–water partition coefficient (Wildman–Crippen LogP) is 1.48. The van der Waals surface area contributed by atoms with Gasteiger partial charge in [-0.3, -0.25) is 9.89 Å². The van der Waals surface area contributed by atoms with Crippen LogP contribution in [0.1, 0.15) is 33.5 Å². The smallest absolute Gasteiger partial charge is 0.342 e. The van der Waals surface area contributed by atoms with E-state index in [1.165, 1.54) is 6.20 Å². The van der Waals surface area contributed by atoms with Crippen molar-refractivity contribution in [2.75, 3.05) is 11.9 Å². The fourth-order valence-corrected chi connectivity index (χ4v) is 1.66. The van der Waals surface area contributed by atoms with Crippen LogP contribution in [0.2, 0.25) is 0 Å². The first-order valence-corrected chi connectivity index (χ1v) is 5.79. The van der Waals surface area contributed by atoms with E-state index in [4.69, 9.17) is 4.74 Å². The van der Waals surface area contributed by atoms with Crippen molar-refractivity contribution in [1.29, 1.82) is 0 Å². The number of aromatic amines is 2. The number of nitrogens with zero attached hydrogens (tertiary/aromatic N) is 1. The molecule has 0 saturated carbocycles. The fraction of sp³-hybridized carbons (Fsp3) is 0.250. The van der Waals surface area contributed by atoms with Crippen LogP contribution in [0.15, 0.2) is 18.5 Å². The fourth-order valence-electron chi connectivity index (χ4n) is 1.66. The molecule has 0 aromatic carbocycles. The van der Waals surface area contributed by atoms with Crippen LogP contribution >= 0.6 is 0 Å². The summed E-state index contributed by atoms with van der Waals surface area (Å²) in [6.45, 7) is 3.73. The number of aryl methyl sites for hydroxylation is 1. The largest absolute Gasteiger partial charge is 0.462 e. The Morgan fingerprint density at radius 1 is 1.47 bits per heavy atom. The summed E-state index contributed by atoms with van der Waals surface area (Å²) in [6.07, 6.45) is 3.03. The Balaban J connectivity index is 2.21. The molecule has 0 aliphatic carbocycles. The highest BCUT2D eigenvalue weighted by Crippen LogP contribution is 2.20. The lowest BCUT2D eigenvalue weighted by atomic mass is 10.2. The zero-order chi connectivity index (χ0) is 13.8. The molecule has 0 saturated heterocycles. The third-order valence-corrected chi connectivity index (χ3v) is 2.55. The standard InChI is InChI=1S/C12H14N4O3/c1-3-19-12(18)10-7(2)13-6-9(10)15-11(17)8-4-5-14-16-8/h4-6,13H,3H2,1-2H3,(H,14,16)(H,15,17). The Morgan fingerprint density at radius 3 is 2.89 bits per heavy atom. The summed E-state index contributed by atoms with van der Waals surface area (Å²) in [5.41, 5.74) is 1.66. The number of anilines is 1. The van der Waals surface area contributed by atoms with Crippen LogP contribution in [-0.4, -0.2) is 33.7 Å². The number of H-pyrrole nitrogens is 2. The van der Waals surface area contributed by atoms with E-state index in [1.807, 2.05) is 0 Å². The molecule has 2 aromatic rings. The van der Waals surface area contributed by atoms with Crippen LogP contribution in [-0.2, 0) is 4.74 Å². The molecule has 100 valence electrons. The van der Waals surface area contributed by atoms with Crippen LogP contribution < -0.4 is 5.32 Å². The number of carbonyl (C=O) groups excluding carboxylic acids is 2. The summed E-state index contributed by atoms with van der Waals surface area (Å²) in [5, 5.41) is 8.87. The molecule has 0 aliphatic rings. The van der Waals surface area contributed by atoms with Gasteiger partial charge in [0.05, 0.1) is 12.3 Å². The van der Waals surface area contributed by atoms with E-state index in [9.17, 15) is 9.59 Å². The Labute approximate surface area is 109 Å². The van der Waals surface area contributed by atoms with Gasteiger partial charge in [0.1, 0.15) is 11.3 Å². The summed E-state index contributed by atoms with van der Waals surface area (Å²) in [5.74, 6) is -0.844. The van der Waals surface area contributed by atoms with Crippen LogP contribution in [0.5, 0.6) is 0 Å². The van der Waals surface area contributed by atoms with Crippen molar-refractivity contribution in [3.05, 3.63) is 35.4 Å². The molecule has 0 radical (unpaired) electrons. The van der Waals surface area contributed by atoms with E-state index in [0.29, 0.717) is 22.6 Å². The second-order valence-electron chi connectivity index (χ2n) is 3.85. The summed E-state index contributed by atoms with van der Waals surface area (Å²) in [4.78, 5) is 26.6. The van der Waals surface area contributed by atoms with Gasteiger partial charge in [0.15, 0.2) is 0 Å². The van der Waals surface area contributed by atoms with Crippen molar-refractivity contribution in [1.82, 2.24) is 15.2 Å². The first-order valence-electron chi connectivity index (χ1n) is 5.79. The van der Waals surface area contributed by atoms with Crippen LogP contribution in [0.25, 0.3) is 0 Å². The minimum Gasteiger partial charge on any atom is -0.462 e. The molecule has 7 nitrogen and oxygen atoms in total. The van der Waals surface area contributed by atoms with Crippen LogP contribution in [0.4, 0.5) is 5.69 Å². The topological polar surface area (TPSA) is 99.9 Å². The lowest BCUT2D eigenvalue weighted by molar-refractivity contribution is 0.0527. The highest BCUT2D eigenvalue weighted by molar-refractivity contribution is 6.07. The SMILES string of the molecule is CCOC(=O)c1c(NC(=O)c2ccn[nH]2)c[nH]c1C. The molecule has 0 spiro atoms. The first-order chi connectivity index (χ1) is 9.13. The summed E-state index contributed by atoms with van der Waals surface area (Å²) in [6, 6.07) is 1.54. The summed E-state index contributed by atoms with van der Waals surface area (Å²) < 4.78 is 4.95. The average molecular weight is 262 g/mol. The average Bonchev–Trinajstić information content (AvgIpc) is 2.99. The Kier molecular flexibility index (Phi) is 3.65. The van der Waals surface area contributed by atoms with Gasteiger partial charge in [0.2, 0.25) is 0 Å². The highest BCUT2D eigenvalue weighted by atomic mass is 16.5. The van der Waals surface area contributed by atoms with Crippen molar-refractivity contribution in [2.24, 2.45) is 0 Å². The van der Waals surface area contributed by atoms with E-state index >= 15 is 0 Å². The van der Waals surface area contributed by atoms with Crippen molar-refractivity contribution in [3.63, 3.8) is 0 Å². The number of nitrogens with one attached hydrogen (secondary N) is 3.